The minimum atomic E-state index is -0.0904. The van der Waals surface area contributed by atoms with E-state index in [4.69, 9.17) is 4.52 Å². The predicted molar refractivity (Wildman–Crippen MR) is 97.7 cm³/mol. The van der Waals surface area contributed by atoms with Crippen molar-refractivity contribution in [1.29, 1.82) is 0 Å². The molecule has 2 aromatic heterocycles. The Labute approximate surface area is 154 Å². The standard InChI is InChI=1S/C19H29N5O2/c1-12(2)18-20-19(26-22-18)16-8-6-7-11-24(16)17(25)10-9-15-13(3)21-23(5)14(15)4/h12,16H,6-11H2,1-5H3/t16-/m1/s1. The number of aromatic nitrogens is 4. The van der Waals surface area contributed by atoms with Crippen LogP contribution in [0.3, 0.4) is 0 Å². The van der Waals surface area contributed by atoms with E-state index in [0.29, 0.717) is 24.6 Å². The highest BCUT2D eigenvalue weighted by Gasteiger charge is 2.32. The Morgan fingerprint density at radius 3 is 2.69 bits per heavy atom. The molecule has 1 saturated heterocycles. The van der Waals surface area contributed by atoms with Gasteiger partial charge in [-0.3, -0.25) is 9.48 Å². The first kappa shape index (κ1) is 18.6. The van der Waals surface area contributed by atoms with Crippen molar-refractivity contribution in [2.45, 2.75) is 71.8 Å². The van der Waals surface area contributed by atoms with E-state index in [9.17, 15) is 4.79 Å². The normalized spacial score (nSPS) is 17.9. The molecule has 3 rings (SSSR count). The molecule has 0 saturated carbocycles. The van der Waals surface area contributed by atoms with Crippen molar-refractivity contribution >= 4 is 5.91 Å². The number of aryl methyl sites for hydroxylation is 2. The van der Waals surface area contributed by atoms with Crippen molar-refractivity contribution in [3.63, 3.8) is 0 Å². The summed E-state index contributed by atoms with van der Waals surface area (Å²) in [5, 5.41) is 8.51. The average Bonchev–Trinajstić information content (AvgIpc) is 3.19. The van der Waals surface area contributed by atoms with Gasteiger partial charge in [0.1, 0.15) is 6.04 Å². The van der Waals surface area contributed by atoms with Gasteiger partial charge in [0.25, 0.3) is 0 Å². The molecule has 0 radical (unpaired) electrons. The Morgan fingerprint density at radius 1 is 1.31 bits per heavy atom. The minimum Gasteiger partial charge on any atom is -0.337 e. The molecule has 142 valence electrons. The Kier molecular flexibility index (Phi) is 5.44. The summed E-state index contributed by atoms with van der Waals surface area (Å²) < 4.78 is 7.36. The molecule has 0 unspecified atom stereocenters. The molecule has 2 aromatic rings. The zero-order valence-corrected chi connectivity index (χ0v) is 16.4. The molecule has 1 fully saturated rings. The van der Waals surface area contributed by atoms with E-state index >= 15 is 0 Å². The predicted octanol–water partition coefficient (Wildman–Crippen LogP) is 3.23. The fourth-order valence-electron chi connectivity index (χ4n) is 3.66. The number of hydrogen-bond donors (Lipinski definition) is 0. The molecule has 3 heterocycles. The summed E-state index contributed by atoms with van der Waals surface area (Å²) in [7, 11) is 1.94. The van der Waals surface area contributed by atoms with Gasteiger partial charge in [-0.05, 0) is 45.1 Å². The van der Waals surface area contributed by atoms with E-state index in [2.05, 4.69) is 22.2 Å². The first-order valence-corrected chi connectivity index (χ1v) is 9.50. The monoisotopic (exact) mass is 359 g/mol. The molecular weight excluding hydrogens is 330 g/mol. The van der Waals surface area contributed by atoms with Crippen molar-refractivity contribution in [3.05, 3.63) is 28.7 Å². The average molecular weight is 359 g/mol. The summed E-state index contributed by atoms with van der Waals surface area (Å²) in [4.78, 5) is 19.4. The Morgan fingerprint density at radius 2 is 2.08 bits per heavy atom. The number of likely N-dealkylation sites (tertiary alicyclic amines) is 1. The second-order valence-electron chi connectivity index (χ2n) is 7.52. The molecule has 7 heteroatoms. The molecule has 1 amide bonds. The minimum absolute atomic E-state index is 0.0904. The highest BCUT2D eigenvalue weighted by Crippen LogP contribution is 2.31. The summed E-state index contributed by atoms with van der Waals surface area (Å²) >= 11 is 0. The molecule has 0 spiro atoms. The van der Waals surface area contributed by atoms with Crippen molar-refractivity contribution < 1.29 is 9.32 Å². The fraction of sp³-hybridized carbons (Fsp3) is 0.684. The summed E-state index contributed by atoms with van der Waals surface area (Å²) in [5.74, 6) is 1.66. The molecule has 1 atom stereocenters. The summed E-state index contributed by atoms with van der Waals surface area (Å²) in [5.41, 5.74) is 3.31. The van der Waals surface area contributed by atoms with Crippen LogP contribution < -0.4 is 0 Å². The lowest BCUT2D eigenvalue weighted by molar-refractivity contribution is -0.135. The zero-order chi connectivity index (χ0) is 18.8. The summed E-state index contributed by atoms with van der Waals surface area (Å²) in [6, 6.07) is -0.0904. The van der Waals surface area contributed by atoms with Crippen LogP contribution in [0.25, 0.3) is 0 Å². The van der Waals surface area contributed by atoms with Crippen LogP contribution in [0.5, 0.6) is 0 Å². The van der Waals surface area contributed by atoms with Gasteiger partial charge in [0.05, 0.1) is 5.69 Å². The highest BCUT2D eigenvalue weighted by molar-refractivity contribution is 5.77. The quantitative estimate of drug-likeness (QED) is 0.819. The molecule has 0 bridgehead atoms. The molecule has 0 aliphatic carbocycles. The van der Waals surface area contributed by atoms with E-state index < -0.39 is 0 Å². The van der Waals surface area contributed by atoms with Crippen LogP contribution in [-0.4, -0.2) is 37.3 Å². The highest BCUT2D eigenvalue weighted by atomic mass is 16.5. The topological polar surface area (TPSA) is 77.1 Å². The van der Waals surface area contributed by atoms with Gasteiger partial charge in [-0.15, -0.1) is 0 Å². The molecule has 0 N–H and O–H groups in total. The number of rotatable bonds is 5. The zero-order valence-electron chi connectivity index (χ0n) is 16.4. The second kappa shape index (κ2) is 7.60. The van der Waals surface area contributed by atoms with Gasteiger partial charge in [-0.2, -0.15) is 10.1 Å². The van der Waals surface area contributed by atoms with Crippen LogP contribution in [0, 0.1) is 13.8 Å². The van der Waals surface area contributed by atoms with Crippen LogP contribution in [0.4, 0.5) is 0 Å². The lowest BCUT2D eigenvalue weighted by atomic mass is 10.00. The van der Waals surface area contributed by atoms with E-state index in [-0.39, 0.29) is 17.9 Å². The number of carbonyl (C=O) groups excluding carboxylic acids is 1. The third-order valence-electron chi connectivity index (χ3n) is 5.33. The summed E-state index contributed by atoms with van der Waals surface area (Å²) in [6.45, 7) is 8.89. The number of piperidine rings is 1. The Bertz CT molecular complexity index is 777. The van der Waals surface area contributed by atoms with Gasteiger partial charge < -0.3 is 9.42 Å². The van der Waals surface area contributed by atoms with Crippen molar-refractivity contribution in [2.75, 3.05) is 6.54 Å². The van der Waals surface area contributed by atoms with Crippen molar-refractivity contribution in [1.82, 2.24) is 24.8 Å². The third kappa shape index (κ3) is 3.66. The van der Waals surface area contributed by atoms with Crippen molar-refractivity contribution in [2.24, 2.45) is 7.05 Å². The maximum Gasteiger partial charge on any atom is 0.249 e. The molecule has 0 aromatic carbocycles. The molecular formula is C19H29N5O2. The number of amides is 1. The van der Waals surface area contributed by atoms with E-state index in [0.717, 1.165) is 37.2 Å². The Balaban J connectivity index is 1.71. The maximum atomic E-state index is 12.9. The van der Waals surface area contributed by atoms with Gasteiger partial charge in [0, 0.05) is 31.6 Å². The maximum absolute atomic E-state index is 12.9. The molecule has 7 nitrogen and oxygen atoms in total. The Hall–Kier alpha value is -2.18. The van der Waals surface area contributed by atoms with Crippen LogP contribution in [0.1, 0.15) is 80.2 Å². The molecule has 1 aliphatic rings. The van der Waals surface area contributed by atoms with Gasteiger partial charge in [0.15, 0.2) is 5.82 Å². The number of hydrogen-bond acceptors (Lipinski definition) is 5. The van der Waals surface area contributed by atoms with Crippen molar-refractivity contribution in [3.8, 4) is 0 Å². The lowest BCUT2D eigenvalue weighted by Crippen LogP contribution is -2.38. The van der Waals surface area contributed by atoms with Crippen LogP contribution >= 0.6 is 0 Å². The van der Waals surface area contributed by atoms with Gasteiger partial charge in [-0.1, -0.05) is 19.0 Å². The van der Waals surface area contributed by atoms with E-state index in [1.807, 2.05) is 37.4 Å². The SMILES string of the molecule is Cc1nn(C)c(C)c1CCC(=O)N1CCCC[C@@H]1c1nc(C(C)C)no1. The van der Waals surface area contributed by atoms with E-state index in [1.165, 1.54) is 5.56 Å². The van der Waals surface area contributed by atoms with Gasteiger partial charge >= 0.3 is 0 Å². The van der Waals surface area contributed by atoms with Gasteiger partial charge in [0.2, 0.25) is 11.8 Å². The first-order valence-electron chi connectivity index (χ1n) is 9.50. The van der Waals surface area contributed by atoms with E-state index in [1.54, 1.807) is 0 Å². The summed E-state index contributed by atoms with van der Waals surface area (Å²) in [6.07, 6.45) is 4.19. The number of carbonyl (C=O) groups is 1. The molecule has 26 heavy (non-hydrogen) atoms. The van der Waals surface area contributed by atoms with Gasteiger partial charge in [-0.25, -0.2) is 0 Å². The largest absolute Gasteiger partial charge is 0.337 e. The smallest absolute Gasteiger partial charge is 0.249 e. The molecule has 1 aliphatic heterocycles. The number of nitrogens with zero attached hydrogens (tertiary/aromatic N) is 5. The second-order valence-corrected chi connectivity index (χ2v) is 7.52. The fourth-order valence-corrected chi connectivity index (χ4v) is 3.66. The lowest BCUT2D eigenvalue weighted by Gasteiger charge is -2.33. The van der Waals surface area contributed by atoms with Crippen LogP contribution in [0.15, 0.2) is 4.52 Å². The third-order valence-corrected chi connectivity index (χ3v) is 5.33. The van der Waals surface area contributed by atoms with Crippen LogP contribution in [0.2, 0.25) is 0 Å². The first-order chi connectivity index (χ1) is 12.4. The van der Waals surface area contributed by atoms with Crippen LogP contribution in [-0.2, 0) is 18.3 Å².